The van der Waals surface area contributed by atoms with Crippen molar-refractivity contribution in [2.24, 2.45) is 0 Å². The monoisotopic (exact) mass is 774 g/mol. The summed E-state index contributed by atoms with van der Waals surface area (Å²) in [6.07, 6.45) is -2.17. The molecule has 11 heteroatoms. The quantitative estimate of drug-likeness (QED) is 0.105. The van der Waals surface area contributed by atoms with Crippen molar-refractivity contribution in [2.75, 3.05) is 10.6 Å². The Morgan fingerprint density at radius 2 is 0.914 bits per heavy atom. The molecule has 4 amide bonds. The number of hydrogen-bond donors (Lipinski definition) is 4. The number of amides is 4. The van der Waals surface area contributed by atoms with Gasteiger partial charge in [-0.2, -0.15) is 0 Å². The van der Waals surface area contributed by atoms with Gasteiger partial charge in [0.15, 0.2) is 0 Å². The van der Waals surface area contributed by atoms with Crippen LogP contribution in [-0.4, -0.2) is 72.1 Å². The Kier molecular flexibility index (Phi) is 12.3. The van der Waals surface area contributed by atoms with Crippen molar-refractivity contribution in [3.8, 4) is 0 Å². The second-order valence-electron chi connectivity index (χ2n) is 14.7. The maximum atomic E-state index is 15.3. The molecule has 0 radical (unpaired) electrons. The Balaban J connectivity index is 1.25. The molecule has 0 spiro atoms. The van der Waals surface area contributed by atoms with Crippen LogP contribution in [0.15, 0.2) is 146 Å². The number of benzene rings is 4. The van der Waals surface area contributed by atoms with Gasteiger partial charge in [-0.05, 0) is 97.5 Å². The second-order valence-corrected chi connectivity index (χ2v) is 14.7. The number of hydrogen-bond acceptors (Lipinski definition) is 7. The highest BCUT2D eigenvalue weighted by Gasteiger charge is 2.46. The summed E-state index contributed by atoms with van der Waals surface area (Å²) < 4.78 is 0. The van der Waals surface area contributed by atoms with Crippen LogP contribution in [-0.2, 0) is 25.9 Å². The molecule has 0 bridgehead atoms. The molecule has 1 aliphatic heterocycles. The zero-order valence-corrected chi connectivity index (χ0v) is 32.4. The zero-order valence-electron chi connectivity index (χ0n) is 32.4. The molecular formula is C47H46N6O5. The van der Waals surface area contributed by atoms with E-state index in [0.717, 1.165) is 22.5 Å². The van der Waals surface area contributed by atoms with Crippen molar-refractivity contribution in [1.29, 1.82) is 0 Å². The number of aliphatic hydroxyl groups excluding tert-OH is 2. The van der Waals surface area contributed by atoms with Gasteiger partial charge in [0, 0.05) is 35.6 Å². The normalized spacial score (nSPS) is 18.0. The SMILES string of the molecule is Cc1cccc(NC(=O)c2cccc(CN3C(=O)N(Cc4cccc(C(=O)Nc5cccc(C)n5)c4)[C@H](Cc4ccccc4)[C@H](O)[C@@H](O)[C@H]3Cc3ccccc3)c2)n1. The number of anilines is 2. The fourth-order valence-electron chi connectivity index (χ4n) is 7.43. The van der Waals surface area contributed by atoms with Crippen LogP contribution < -0.4 is 10.6 Å². The van der Waals surface area contributed by atoms with Crippen molar-refractivity contribution in [2.45, 2.75) is 64.1 Å². The number of rotatable bonds is 12. The third-order valence-corrected chi connectivity index (χ3v) is 10.3. The van der Waals surface area contributed by atoms with E-state index in [-0.39, 0.29) is 37.7 Å². The van der Waals surface area contributed by atoms with Crippen LogP contribution in [0, 0.1) is 13.8 Å². The standard InChI is InChI=1S/C47H46N6O5/c1-31-13-9-23-41(48-31)50-45(56)37-21-11-19-35(25-37)29-52-39(27-33-15-5-3-6-16-33)43(54)44(55)40(28-34-17-7-4-8-18-34)53(47(52)58)30-36-20-12-22-38(26-36)46(57)51-42-24-10-14-32(2)49-42/h3-26,39-40,43-44,54-55H,27-30H2,1-2H3,(H,48,50,56)(H,49,51,57)/t39-,40-,43+,44+/m1/s1. The van der Waals surface area contributed by atoms with Crippen LogP contribution >= 0.6 is 0 Å². The van der Waals surface area contributed by atoms with Crippen molar-refractivity contribution >= 4 is 29.5 Å². The first kappa shape index (κ1) is 39.5. The highest BCUT2D eigenvalue weighted by molar-refractivity contribution is 6.04. The zero-order chi connectivity index (χ0) is 40.6. The van der Waals surface area contributed by atoms with Crippen LogP contribution in [0.25, 0.3) is 0 Å². The molecule has 1 saturated heterocycles. The van der Waals surface area contributed by atoms with Gasteiger partial charge in [0.2, 0.25) is 0 Å². The molecule has 4 aromatic carbocycles. The van der Waals surface area contributed by atoms with Gasteiger partial charge in [-0.3, -0.25) is 9.59 Å². The van der Waals surface area contributed by atoms with Gasteiger partial charge < -0.3 is 30.6 Å². The number of aliphatic hydroxyl groups is 2. The lowest BCUT2D eigenvalue weighted by atomic mass is 9.90. The lowest BCUT2D eigenvalue weighted by Gasteiger charge is -2.36. The Morgan fingerprint density at radius 1 is 0.534 bits per heavy atom. The molecule has 1 aliphatic rings. The Morgan fingerprint density at radius 3 is 1.31 bits per heavy atom. The van der Waals surface area contributed by atoms with E-state index in [0.29, 0.717) is 33.9 Å². The molecule has 0 aliphatic carbocycles. The fraction of sp³-hybridized carbons (Fsp3) is 0.213. The summed E-state index contributed by atoms with van der Waals surface area (Å²) in [5.41, 5.74) is 5.35. The fourth-order valence-corrected chi connectivity index (χ4v) is 7.43. The number of urea groups is 1. The van der Waals surface area contributed by atoms with E-state index in [1.54, 1.807) is 58.3 Å². The highest BCUT2D eigenvalue weighted by atomic mass is 16.3. The van der Waals surface area contributed by atoms with Gasteiger partial charge in [-0.25, -0.2) is 14.8 Å². The second kappa shape index (κ2) is 18.1. The van der Waals surface area contributed by atoms with Gasteiger partial charge >= 0.3 is 6.03 Å². The summed E-state index contributed by atoms with van der Waals surface area (Å²) in [4.78, 5) is 54.1. The molecule has 7 rings (SSSR count). The van der Waals surface area contributed by atoms with Gasteiger partial charge in [-0.1, -0.05) is 97.1 Å². The minimum Gasteiger partial charge on any atom is -0.388 e. The van der Waals surface area contributed by atoms with Gasteiger partial charge in [-0.15, -0.1) is 0 Å². The molecule has 3 heterocycles. The van der Waals surface area contributed by atoms with E-state index >= 15 is 4.79 Å². The van der Waals surface area contributed by atoms with E-state index < -0.39 is 30.3 Å². The third-order valence-electron chi connectivity index (χ3n) is 10.3. The van der Waals surface area contributed by atoms with Crippen molar-refractivity contribution in [3.63, 3.8) is 0 Å². The first-order chi connectivity index (χ1) is 28.1. The average molecular weight is 775 g/mol. The number of nitrogens with zero attached hydrogens (tertiary/aromatic N) is 4. The molecular weight excluding hydrogens is 729 g/mol. The molecule has 6 aromatic rings. The molecule has 2 aromatic heterocycles. The number of aromatic nitrogens is 2. The van der Waals surface area contributed by atoms with Crippen molar-refractivity contribution in [1.82, 2.24) is 19.8 Å². The molecule has 1 fully saturated rings. The first-order valence-corrected chi connectivity index (χ1v) is 19.3. The summed E-state index contributed by atoms with van der Waals surface area (Å²) in [5.74, 6) is 0.133. The smallest absolute Gasteiger partial charge is 0.321 e. The minimum atomic E-state index is -1.35. The van der Waals surface area contributed by atoms with E-state index in [1.165, 1.54) is 0 Å². The van der Waals surface area contributed by atoms with E-state index in [1.807, 2.05) is 111 Å². The van der Waals surface area contributed by atoms with Crippen LogP contribution in [0.2, 0.25) is 0 Å². The molecule has 294 valence electrons. The highest BCUT2D eigenvalue weighted by Crippen LogP contribution is 2.30. The van der Waals surface area contributed by atoms with Crippen molar-refractivity contribution < 1.29 is 24.6 Å². The summed E-state index contributed by atoms with van der Waals surface area (Å²) >= 11 is 0. The Hall–Kier alpha value is -6.69. The third kappa shape index (κ3) is 9.63. The molecule has 4 N–H and O–H groups in total. The molecule has 0 unspecified atom stereocenters. The van der Waals surface area contributed by atoms with E-state index in [4.69, 9.17) is 0 Å². The summed E-state index contributed by atoms with van der Waals surface area (Å²) in [5, 5.41) is 30.1. The lowest BCUT2D eigenvalue weighted by molar-refractivity contribution is -0.0408. The first-order valence-electron chi connectivity index (χ1n) is 19.3. The summed E-state index contributed by atoms with van der Waals surface area (Å²) in [7, 11) is 0. The molecule has 4 atom stereocenters. The van der Waals surface area contributed by atoms with E-state index in [9.17, 15) is 19.8 Å². The number of nitrogens with one attached hydrogen (secondary N) is 2. The number of pyridine rings is 2. The van der Waals surface area contributed by atoms with Gasteiger partial charge in [0.05, 0.1) is 12.1 Å². The number of aryl methyl sites for hydroxylation is 2. The molecule has 58 heavy (non-hydrogen) atoms. The lowest BCUT2D eigenvalue weighted by Crippen LogP contribution is -2.50. The number of carbonyl (C=O) groups excluding carboxylic acids is 3. The maximum Gasteiger partial charge on any atom is 0.321 e. The number of carbonyl (C=O) groups is 3. The minimum absolute atomic E-state index is 0.0322. The summed E-state index contributed by atoms with van der Waals surface area (Å²) in [6, 6.07) is 41.8. The van der Waals surface area contributed by atoms with Gasteiger partial charge in [0.1, 0.15) is 23.8 Å². The van der Waals surface area contributed by atoms with Crippen LogP contribution in [0.3, 0.4) is 0 Å². The van der Waals surface area contributed by atoms with Crippen LogP contribution in [0.4, 0.5) is 16.4 Å². The topological polar surface area (TPSA) is 148 Å². The predicted octanol–water partition coefficient (Wildman–Crippen LogP) is 6.98. The Labute approximate surface area is 338 Å². The largest absolute Gasteiger partial charge is 0.388 e. The van der Waals surface area contributed by atoms with Crippen LogP contribution in [0.1, 0.15) is 54.4 Å². The van der Waals surface area contributed by atoms with Crippen molar-refractivity contribution in [3.05, 3.63) is 190 Å². The maximum absolute atomic E-state index is 15.3. The predicted molar refractivity (Wildman–Crippen MR) is 223 cm³/mol. The van der Waals surface area contributed by atoms with E-state index in [2.05, 4.69) is 20.6 Å². The molecule has 11 nitrogen and oxygen atoms in total. The molecule has 0 saturated carbocycles. The van der Waals surface area contributed by atoms with Crippen LogP contribution in [0.5, 0.6) is 0 Å². The van der Waals surface area contributed by atoms with Gasteiger partial charge in [0.25, 0.3) is 11.8 Å². The summed E-state index contributed by atoms with van der Waals surface area (Å²) in [6.45, 7) is 3.75. The average Bonchev–Trinajstić information content (AvgIpc) is 3.28. The Bertz CT molecular complexity index is 2210.